The number of nitrogens with zero attached hydrogens (tertiary/aromatic N) is 1. The molecule has 0 saturated carbocycles. The molecule has 0 aromatic heterocycles. The van der Waals surface area contributed by atoms with E-state index in [1.807, 2.05) is 0 Å². The fraction of sp³-hybridized carbons (Fsp3) is 0.619. The van der Waals surface area contributed by atoms with Gasteiger partial charge < -0.3 is 4.74 Å². The average molecular weight is 316 g/mol. The first kappa shape index (κ1) is 18.1. The van der Waals surface area contributed by atoms with Crippen LogP contribution >= 0.6 is 0 Å². The zero-order valence-electron chi connectivity index (χ0n) is 15.4. The summed E-state index contributed by atoms with van der Waals surface area (Å²) in [4.78, 5) is 2.58. The molecule has 2 rings (SSSR count). The van der Waals surface area contributed by atoms with Crippen molar-refractivity contribution in [2.24, 2.45) is 5.92 Å². The molecule has 23 heavy (non-hydrogen) atoms. The Hall–Kier alpha value is -1.28. The van der Waals surface area contributed by atoms with Crippen LogP contribution in [-0.2, 0) is 6.42 Å². The van der Waals surface area contributed by atoms with E-state index in [1.54, 1.807) is 0 Å². The molecule has 0 aliphatic carbocycles. The van der Waals surface area contributed by atoms with E-state index >= 15 is 0 Å². The normalized spacial score (nSPS) is 16.9. The third-order valence-corrected chi connectivity index (χ3v) is 5.19. The maximum Gasteiger partial charge on any atom is 0.122 e. The van der Waals surface area contributed by atoms with Crippen molar-refractivity contribution in [3.05, 3.63) is 41.5 Å². The van der Waals surface area contributed by atoms with Gasteiger partial charge in [0.1, 0.15) is 5.75 Å². The van der Waals surface area contributed by atoms with E-state index in [-0.39, 0.29) is 0 Å². The molecule has 1 unspecified atom stereocenters. The van der Waals surface area contributed by atoms with Gasteiger partial charge in [-0.1, -0.05) is 32.4 Å². The molecule has 0 radical (unpaired) electrons. The summed E-state index contributed by atoms with van der Waals surface area (Å²) in [6, 6.07) is 4.96. The first-order valence-electron chi connectivity index (χ1n) is 9.22. The Labute approximate surface area is 142 Å². The number of unbranched alkanes of at least 4 members (excludes halogenated alkanes) is 1. The summed E-state index contributed by atoms with van der Waals surface area (Å²) >= 11 is 0. The molecule has 2 heteroatoms. The number of hydrogen-bond acceptors (Lipinski definition) is 2. The van der Waals surface area contributed by atoms with Gasteiger partial charge in [0.2, 0.25) is 0 Å². The van der Waals surface area contributed by atoms with E-state index in [0.717, 1.165) is 37.5 Å². The lowest BCUT2D eigenvalue weighted by Crippen LogP contribution is -2.47. The first-order valence-corrected chi connectivity index (χ1v) is 9.22. The standard InChI is InChI=1S/C21H33NO/c1-6-9-13-23-21-12-11-20(16(4)19(21)8-3)17(5)22-14-18(15-22)10-7-2/h7,11-12,17-18H,2,6,8-10,13-15H2,1,3-5H3. The van der Waals surface area contributed by atoms with E-state index in [2.05, 4.69) is 57.4 Å². The third kappa shape index (κ3) is 4.17. The van der Waals surface area contributed by atoms with E-state index < -0.39 is 0 Å². The molecular formula is C21H33NO. The van der Waals surface area contributed by atoms with Crippen LogP contribution in [0.15, 0.2) is 24.8 Å². The quantitative estimate of drug-likeness (QED) is 0.452. The monoisotopic (exact) mass is 315 g/mol. The minimum atomic E-state index is 0.492. The summed E-state index contributed by atoms with van der Waals surface area (Å²) in [5.41, 5.74) is 4.26. The molecule has 0 spiro atoms. The minimum absolute atomic E-state index is 0.492. The van der Waals surface area contributed by atoms with Crippen LogP contribution in [-0.4, -0.2) is 24.6 Å². The average Bonchev–Trinajstić information content (AvgIpc) is 2.50. The molecule has 0 amide bonds. The molecule has 1 fully saturated rings. The summed E-state index contributed by atoms with van der Waals surface area (Å²) in [7, 11) is 0. The highest BCUT2D eigenvalue weighted by atomic mass is 16.5. The summed E-state index contributed by atoms with van der Waals surface area (Å²) < 4.78 is 6.01. The van der Waals surface area contributed by atoms with E-state index in [1.165, 1.54) is 36.2 Å². The highest BCUT2D eigenvalue weighted by Crippen LogP contribution is 2.35. The van der Waals surface area contributed by atoms with Gasteiger partial charge in [0.25, 0.3) is 0 Å². The van der Waals surface area contributed by atoms with Gasteiger partial charge >= 0.3 is 0 Å². The van der Waals surface area contributed by atoms with Crippen LogP contribution in [0, 0.1) is 12.8 Å². The number of allylic oxidation sites excluding steroid dienone is 1. The van der Waals surface area contributed by atoms with Gasteiger partial charge in [-0.15, -0.1) is 6.58 Å². The minimum Gasteiger partial charge on any atom is -0.493 e. The van der Waals surface area contributed by atoms with E-state index in [9.17, 15) is 0 Å². The van der Waals surface area contributed by atoms with Gasteiger partial charge in [0.05, 0.1) is 6.61 Å². The van der Waals surface area contributed by atoms with Crippen molar-refractivity contribution in [1.82, 2.24) is 4.90 Å². The molecule has 1 aromatic carbocycles. The Bertz CT molecular complexity index is 517. The van der Waals surface area contributed by atoms with Crippen LogP contribution in [0.4, 0.5) is 0 Å². The van der Waals surface area contributed by atoms with E-state index in [4.69, 9.17) is 4.74 Å². The van der Waals surface area contributed by atoms with Gasteiger partial charge in [-0.2, -0.15) is 0 Å². The van der Waals surface area contributed by atoms with Crippen molar-refractivity contribution in [3.8, 4) is 5.75 Å². The SMILES string of the molecule is C=CCC1CN(C(C)c2ccc(OCCCC)c(CC)c2C)C1. The van der Waals surface area contributed by atoms with Crippen molar-refractivity contribution in [1.29, 1.82) is 0 Å². The molecule has 1 heterocycles. The number of ether oxygens (including phenoxy) is 1. The molecule has 1 aromatic rings. The van der Waals surface area contributed by atoms with Crippen molar-refractivity contribution in [2.45, 2.75) is 59.4 Å². The lowest BCUT2D eigenvalue weighted by atomic mass is 9.89. The summed E-state index contributed by atoms with van der Waals surface area (Å²) in [6.07, 6.45) is 6.53. The summed E-state index contributed by atoms with van der Waals surface area (Å²) in [5, 5.41) is 0. The van der Waals surface area contributed by atoms with Crippen LogP contribution in [0.3, 0.4) is 0 Å². The highest BCUT2D eigenvalue weighted by molar-refractivity contribution is 5.45. The molecule has 1 aliphatic rings. The number of rotatable bonds is 9. The summed E-state index contributed by atoms with van der Waals surface area (Å²) in [6.45, 7) is 16.1. The topological polar surface area (TPSA) is 12.5 Å². The predicted octanol–water partition coefficient (Wildman–Crippen LogP) is 5.31. The zero-order valence-corrected chi connectivity index (χ0v) is 15.4. The fourth-order valence-corrected chi connectivity index (χ4v) is 3.61. The van der Waals surface area contributed by atoms with Crippen LogP contribution in [0.1, 0.15) is 62.8 Å². The second-order valence-electron chi connectivity index (χ2n) is 6.83. The molecule has 128 valence electrons. The second kappa shape index (κ2) is 8.54. The van der Waals surface area contributed by atoms with Crippen molar-refractivity contribution in [3.63, 3.8) is 0 Å². The van der Waals surface area contributed by atoms with Crippen LogP contribution in [0.2, 0.25) is 0 Å². The van der Waals surface area contributed by atoms with Gasteiger partial charge in [-0.25, -0.2) is 0 Å². The number of likely N-dealkylation sites (tertiary alicyclic amines) is 1. The molecule has 1 saturated heterocycles. The molecule has 1 atom stereocenters. The Morgan fingerprint density at radius 1 is 1.35 bits per heavy atom. The third-order valence-electron chi connectivity index (χ3n) is 5.19. The fourth-order valence-electron chi connectivity index (χ4n) is 3.61. The highest BCUT2D eigenvalue weighted by Gasteiger charge is 2.30. The Balaban J connectivity index is 2.09. The number of benzene rings is 1. The zero-order chi connectivity index (χ0) is 16.8. The van der Waals surface area contributed by atoms with Gasteiger partial charge in [0.15, 0.2) is 0 Å². The van der Waals surface area contributed by atoms with E-state index in [0.29, 0.717) is 6.04 Å². The molecular weight excluding hydrogens is 282 g/mol. The maximum atomic E-state index is 6.01. The van der Waals surface area contributed by atoms with Crippen molar-refractivity contribution in [2.75, 3.05) is 19.7 Å². The van der Waals surface area contributed by atoms with Crippen molar-refractivity contribution < 1.29 is 4.74 Å². The van der Waals surface area contributed by atoms with Crippen LogP contribution in [0.25, 0.3) is 0 Å². The summed E-state index contributed by atoms with van der Waals surface area (Å²) in [5.74, 6) is 1.89. The van der Waals surface area contributed by atoms with Crippen LogP contribution in [0.5, 0.6) is 5.75 Å². The second-order valence-corrected chi connectivity index (χ2v) is 6.83. The number of hydrogen-bond donors (Lipinski definition) is 0. The largest absolute Gasteiger partial charge is 0.493 e. The smallest absolute Gasteiger partial charge is 0.122 e. The molecule has 0 bridgehead atoms. The Morgan fingerprint density at radius 2 is 2.09 bits per heavy atom. The molecule has 2 nitrogen and oxygen atoms in total. The van der Waals surface area contributed by atoms with Gasteiger partial charge in [-0.3, -0.25) is 4.90 Å². The molecule has 1 aliphatic heterocycles. The lowest BCUT2D eigenvalue weighted by molar-refractivity contribution is 0.0612. The molecule has 0 N–H and O–H groups in total. The van der Waals surface area contributed by atoms with Gasteiger partial charge in [-0.05, 0) is 61.8 Å². The lowest BCUT2D eigenvalue weighted by Gasteiger charge is -2.43. The van der Waals surface area contributed by atoms with Gasteiger partial charge in [0, 0.05) is 19.1 Å². The first-order chi connectivity index (χ1) is 11.1. The predicted molar refractivity (Wildman–Crippen MR) is 99.3 cm³/mol. The van der Waals surface area contributed by atoms with Crippen LogP contribution < -0.4 is 4.74 Å². The Morgan fingerprint density at radius 3 is 2.70 bits per heavy atom. The maximum absolute atomic E-state index is 6.01. The van der Waals surface area contributed by atoms with Crippen molar-refractivity contribution >= 4 is 0 Å². The Kier molecular flexibility index (Phi) is 6.71.